The number of aliphatic hydroxyl groups is 1. The average molecular weight is 300 g/mol. The van der Waals surface area contributed by atoms with Gasteiger partial charge in [-0.05, 0) is 20.8 Å². The minimum Gasteiger partial charge on any atom is -0.367 e. The molecule has 0 bridgehead atoms. The van der Waals surface area contributed by atoms with Gasteiger partial charge in [0, 0.05) is 0 Å². The topological polar surface area (TPSA) is 142 Å². The van der Waals surface area contributed by atoms with Crippen LogP contribution in [0.4, 0.5) is 0 Å². The highest BCUT2D eigenvalue weighted by atomic mass is 31.2. The highest BCUT2D eigenvalue weighted by molar-refractivity contribution is 7.72. The van der Waals surface area contributed by atoms with E-state index < -0.39 is 20.3 Å². The zero-order valence-electron chi connectivity index (χ0n) is 9.88. The summed E-state index contributed by atoms with van der Waals surface area (Å²) in [5, 5.41) is 6.30. The quantitative estimate of drug-likeness (QED) is 0.567. The van der Waals surface area contributed by atoms with E-state index in [4.69, 9.17) is 9.79 Å². The van der Waals surface area contributed by atoms with Crippen molar-refractivity contribution in [2.75, 3.05) is 0 Å². The van der Waals surface area contributed by atoms with Gasteiger partial charge < -0.3 is 24.4 Å². The Kier molecular flexibility index (Phi) is 3.80. The van der Waals surface area contributed by atoms with Crippen LogP contribution in [0.2, 0.25) is 0 Å². The van der Waals surface area contributed by atoms with Crippen LogP contribution in [0.25, 0.3) is 0 Å². The third-order valence-corrected chi connectivity index (χ3v) is 6.61. The van der Waals surface area contributed by atoms with E-state index in [1.54, 1.807) is 6.92 Å². The molecule has 0 fully saturated rings. The monoisotopic (exact) mass is 300 g/mol. The molecule has 9 nitrogen and oxygen atoms in total. The molecule has 0 saturated carbocycles. The van der Waals surface area contributed by atoms with E-state index in [1.165, 1.54) is 6.92 Å². The van der Waals surface area contributed by atoms with Crippen molar-refractivity contribution in [1.82, 2.24) is 9.71 Å². The molecule has 0 amide bonds. The fourth-order valence-electron chi connectivity index (χ4n) is 0.922. The minimum absolute atomic E-state index is 0.366. The lowest BCUT2D eigenvalue weighted by atomic mass is 10.4. The second-order valence-corrected chi connectivity index (χ2v) is 8.24. The summed E-state index contributed by atoms with van der Waals surface area (Å²) >= 11 is 0. The van der Waals surface area contributed by atoms with Crippen LogP contribution in [-0.2, 0) is 9.13 Å². The van der Waals surface area contributed by atoms with Crippen molar-refractivity contribution in [3.63, 3.8) is 0 Å². The number of hydrogen-bond acceptors (Lipinski definition) is 5. The Morgan fingerprint density at radius 2 is 1.83 bits per heavy atom. The van der Waals surface area contributed by atoms with Crippen LogP contribution >= 0.6 is 15.2 Å². The summed E-state index contributed by atoms with van der Waals surface area (Å²) in [6.07, 6.45) is 1.06. The van der Waals surface area contributed by atoms with Crippen LogP contribution in [0.3, 0.4) is 0 Å². The molecule has 0 spiro atoms. The summed E-state index contributed by atoms with van der Waals surface area (Å²) in [5.74, 6) is 0. The van der Waals surface area contributed by atoms with Crippen molar-refractivity contribution in [2.24, 2.45) is 0 Å². The van der Waals surface area contributed by atoms with Crippen molar-refractivity contribution in [1.29, 1.82) is 0 Å². The lowest BCUT2D eigenvalue weighted by Gasteiger charge is -2.28. The Bertz CT molecular complexity index is 546. The molecule has 11 heteroatoms. The van der Waals surface area contributed by atoms with Crippen LogP contribution in [0.5, 0.6) is 0 Å². The van der Waals surface area contributed by atoms with Gasteiger partial charge in [0.25, 0.3) is 5.08 Å². The molecule has 0 saturated heterocycles. The van der Waals surface area contributed by atoms with Crippen LogP contribution in [0, 0.1) is 13.8 Å². The van der Waals surface area contributed by atoms with Crippen LogP contribution in [0.1, 0.15) is 18.3 Å². The Morgan fingerprint density at radius 3 is 2.17 bits per heavy atom. The van der Waals surface area contributed by atoms with E-state index in [9.17, 15) is 19.1 Å². The highest BCUT2D eigenvalue weighted by Crippen LogP contribution is 2.68. The summed E-state index contributed by atoms with van der Waals surface area (Å²) in [7, 11) is -10.3. The zero-order valence-corrected chi connectivity index (χ0v) is 11.7. The molecular formula is C7H14N2O7P2. The largest absolute Gasteiger partial charge is 0.438 e. The second kappa shape index (κ2) is 4.45. The molecule has 1 aromatic heterocycles. The molecule has 0 aliphatic carbocycles. The van der Waals surface area contributed by atoms with Crippen molar-refractivity contribution in [3.8, 4) is 0 Å². The standard InChI is InChI=1S/C7H14N2O7P2/c1-5-6(2)9(4-8-5)16-18(14,15)7(3,10)17(11,12)13/h4,10H,1-3H3,(H,14,15)(H2,11,12,13). The molecule has 1 heterocycles. The van der Waals surface area contributed by atoms with Crippen LogP contribution < -0.4 is 4.62 Å². The Labute approximate surface area is 103 Å². The van der Waals surface area contributed by atoms with Gasteiger partial charge in [-0.3, -0.25) is 4.57 Å². The molecule has 0 radical (unpaired) electrons. The van der Waals surface area contributed by atoms with E-state index in [0.29, 0.717) is 18.3 Å². The Morgan fingerprint density at radius 1 is 1.33 bits per heavy atom. The van der Waals surface area contributed by atoms with Gasteiger partial charge in [-0.2, -0.15) is 4.73 Å². The van der Waals surface area contributed by atoms with Crippen LogP contribution in [0.15, 0.2) is 6.33 Å². The minimum atomic E-state index is -5.25. The van der Waals surface area contributed by atoms with Crippen LogP contribution in [-0.4, -0.2) is 34.6 Å². The van der Waals surface area contributed by atoms with E-state index >= 15 is 0 Å². The molecule has 2 atom stereocenters. The molecule has 2 unspecified atom stereocenters. The summed E-state index contributed by atoms with van der Waals surface area (Å²) in [6.45, 7) is 3.67. The van der Waals surface area contributed by atoms with Gasteiger partial charge in [0.1, 0.15) is 6.33 Å². The molecule has 1 rings (SSSR count). The van der Waals surface area contributed by atoms with Crippen molar-refractivity contribution < 1.29 is 33.5 Å². The van der Waals surface area contributed by atoms with Crippen molar-refractivity contribution in [3.05, 3.63) is 17.7 Å². The first-order chi connectivity index (χ1) is 7.90. The van der Waals surface area contributed by atoms with Gasteiger partial charge in [-0.1, -0.05) is 0 Å². The Hall–Kier alpha value is -0.690. The van der Waals surface area contributed by atoms with Gasteiger partial charge in [-0.15, -0.1) is 0 Å². The SMILES string of the molecule is Cc1ncn(OP(=O)(O)C(C)(O)P(=O)(O)O)c1C. The normalized spacial score (nSPS) is 19.1. The third-order valence-electron chi connectivity index (χ3n) is 2.50. The highest BCUT2D eigenvalue weighted by Gasteiger charge is 2.58. The number of imidazole rings is 1. The number of nitrogens with zero attached hydrogens (tertiary/aromatic N) is 2. The molecule has 0 aliphatic rings. The van der Waals surface area contributed by atoms with Crippen molar-refractivity contribution in [2.45, 2.75) is 25.9 Å². The summed E-state index contributed by atoms with van der Waals surface area (Å²) in [5.41, 5.74) is 0.872. The maximum atomic E-state index is 11.8. The number of aromatic nitrogens is 2. The Balaban J connectivity index is 3.14. The third kappa shape index (κ3) is 2.51. The fraction of sp³-hybridized carbons (Fsp3) is 0.571. The first-order valence-corrected chi connectivity index (χ1v) is 7.90. The molecule has 0 aliphatic heterocycles. The number of hydrogen-bond donors (Lipinski definition) is 4. The van der Waals surface area contributed by atoms with Gasteiger partial charge >= 0.3 is 15.2 Å². The van der Waals surface area contributed by atoms with E-state index in [2.05, 4.69) is 9.61 Å². The average Bonchev–Trinajstić information content (AvgIpc) is 2.47. The molecule has 18 heavy (non-hydrogen) atoms. The number of rotatable bonds is 4. The molecule has 4 N–H and O–H groups in total. The fourth-order valence-corrected chi connectivity index (χ4v) is 2.91. The molecule has 1 aromatic rings. The van der Waals surface area contributed by atoms with Gasteiger partial charge in [0.2, 0.25) is 0 Å². The van der Waals surface area contributed by atoms with E-state index in [-0.39, 0.29) is 0 Å². The summed E-state index contributed by atoms with van der Waals surface area (Å²) in [4.78, 5) is 31.0. The molecule has 104 valence electrons. The maximum Gasteiger partial charge on any atom is 0.438 e. The first-order valence-electron chi connectivity index (χ1n) is 4.71. The smallest absolute Gasteiger partial charge is 0.367 e. The predicted molar refractivity (Wildman–Crippen MR) is 60.8 cm³/mol. The summed E-state index contributed by atoms with van der Waals surface area (Å²) in [6, 6.07) is 0. The van der Waals surface area contributed by atoms with Gasteiger partial charge in [0.15, 0.2) is 0 Å². The maximum absolute atomic E-state index is 11.8. The second-order valence-electron chi connectivity index (χ2n) is 3.86. The van der Waals surface area contributed by atoms with Gasteiger partial charge in [0.05, 0.1) is 11.4 Å². The van der Waals surface area contributed by atoms with E-state index in [0.717, 1.165) is 11.1 Å². The molecular weight excluding hydrogens is 286 g/mol. The molecule has 0 aromatic carbocycles. The first kappa shape index (κ1) is 15.4. The number of aryl methyl sites for hydroxylation is 1. The lowest BCUT2D eigenvalue weighted by Crippen LogP contribution is -2.29. The lowest BCUT2D eigenvalue weighted by molar-refractivity contribution is 0.121. The summed E-state index contributed by atoms with van der Waals surface area (Å²) < 4.78 is 28.1. The van der Waals surface area contributed by atoms with Gasteiger partial charge in [-0.25, -0.2) is 9.55 Å². The van der Waals surface area contributed by atoms with E-state index in [1.807, 2.05) is 0 Å². The predicted octanol–water partition coefficient (Wildman–Crippen LogP) is -0.0424. The zero-order chi connectivity index (χ0) is 14.4. The van der Waals surface area contributed by atoms with Crippen molar-refractivity contribution >= 4 is 15.2 Å².